The van der Waals surface area contributed by atoms with Gasteiger partial charge in [-0.2, -0.15) is 0 Å². The van der Waals surface area contributed by atoms with Crippen LogP contribution in [0.4, 0.5) is 0 Å². The molecule has 0 bridgehead atoms. The summed E-state index contributed by atoms with van der Waals surface area (Å²) in [5.41, 5.74) is 1.06. The Kier molecular flexibility index (Phi) is 25.7. The number of aromatic nitrogens is 2. The summed E-state index contributed by atoms with van der Waals surface area (Å²) >= 11 is 0. The van der Waals surface area contributed by atoms with Gasteiger partial charge in [-0.1, -0.05) is 81.6 Å². The van der Waals surface area contributed by atoms with E-state index < -0.39 is 0 Å². The van der Waals surface area contributed by atoms with Crippen LogP contribution in [-0.2, 0) is 11.2 Å². The number of nitrogens with zero attached hydrogens (tertiary/aromatic N) is 2. The van der Waals surface area contributed by atoms with Crippen molar-refractivity contribution in [3.05, 3.63) is 23.8 Å². The largest absolute Gasteiger partial charge is 0.299 e. The van der Waals surface area contributed by atoms with E-state index in [1.54, 1.807) is 0 Å². The van der Waals surface area contributed by atoms with E-state index >= 15 is 0 Å². The van der Waals surface area contributed by atoms with Crippen LogP contribution in [0.1, 0.15) is 112 Å². The van der Waals surface area contributed by atoms with Gasteiger partial charge in [0.2, 0.25) is 0 Å². The van der Waals surface area contributed by atoms with Gasteiger partial charge in [-0.15, -0.1) is 0 Å². The highest BCUT2D eigenvalue weighted by Crippen LogP contribution is 2.03. The van der Waals surface area contributed by atoms with Gasteiger partial charge in [0, 0.05) is 30.7 Å². The van der Waals surface area contributed by atoms with E-state index in [1.807, 2.05) is 40.0 Å². The van der Waals surface area contributed by atoms with Gasteiger partial charge in [0.25, 0.3) is 0 Å². The van der Waals surface area contributed by atoms with E-state index in [4.69, 9.17) is 0 Å². The Morgan fingerprint density at radius 3 is 1.78 bits per heavy atom. The van der Waals surface area contributed by atoms with Crippen molar-refractivity contribution >= 4 is 5.78 Å². The van der Waals surface area contributed by atoms with Crippen LogP contribution >= 0.6 is 0 Å². The zero-order valence-corrected chi connectivity index (χ0v) is 20.1. The fourth-order valence-corrected chi connectivity index (χ4v) is 1.53. The third-order valence-corrected chi connectivity index (χ3v) is 3.61. The van der Waals surface area contributed by atoms with E-state index in [0.29, 0.717) is 12.2 Å². The summed E-state index contributed by atoms with van der Waals surface area (Å²) < 4.78 is 0. The Balaban J connectivity index is -0.000000316. The van der Waals surface area contributed by atoms with E-state index in [-0.39, 0.29) is 5.92 Å². The first-order valence-electron chi connectivity index (χ1n) is 11.0. The van der Waals surface area contributed by atoms with Crippen molar-refractivity contribution in [1.29, 1.82) is 0 Å². The number of hydrogen-bond donors (Lipinski definition) is 0. The minimum absolute atomic E-state index is 0.278. The van der Waals surface area contributed by atoms with Gasteiger partial charge in [0.1, 0.15) is 11.6 Å². The molecule has 0 spiro atoms. The predicted octanol–water partition coefficient (Wildman–Crippen LogP) is 7.61. The molecule has 0 aromatic carbocycles. The summed E-state index contributed by atoms with van der Waals surface area (Å²) in [5.74, 6) is 2.47. The molecule has 160 valence electrons. The molecule has 0 fully saturated rings. The molecule has 0 saturated carbocycles. The van der Waals surface area contributed by atoms with Crippen molar-refractivity contribution < 1.29 is 4.79 Å². The number of Topliss-reactive ketones (excluding diaryl/α,β-unsaturated/α-hetero) is 1. The third kappa shape index (κ3) is 27.1. The molecular formula is C24H48N2O. The number of carbonyl (C=O) groups is 1. The average Bonchev–Trinajstić information content (AvgIpc) is 2.65. The number of carbonyl (C=O) groups excluding carboxylic acids is 1. The van der Waals surface area contributed by atoms with E-state index in [1.165, 1.54) is 25.7 Å². The standard InChI is InChI=1S/C9H14N2.C7H14O.2C4H10/c1-3-4-5-9-10-7-6-8(2)11-9;1-4-6(3)7(8)5-2;1-4(2)3;1-3-4-2/h6-7H,3-5H2,1-2H3;6H,4-5H2,1-3H3;4H,1-3H3;3-4H2,1-2H3. The second kappa shape index (κ2) is 22.8. The van der Waals surface area contributed by atoms with E-state index in [9.17, 15) is 4.79 Å². The fraction of sp³-hybridized carbons (Fsp3) is 0.792. The van der Waals surface area contributed by atoms with Crippen LogP contribution in [0.25, 0.3) is 0 Å². The van der Waals surface area contributed by atoms with Crippen molar-refractivity contribution in [3.63, 3.8) is 0 Å². The maximum Gasteiger partial charge on any atom is 0.135 e. The molecule has 0 N–H and O–H groups in total. The van der Waals surface area contributed by atoms with Crippen molar-refractivity contribution in [2.24, 2.45) is 11.8 Å². The lowest BCUT2D eigenvalue weighted by atomic mass is 10.0. The normalized spacial score (nSPS) is 10.5. The Labute approximate surface area is 170 Å². The molecular weight excluding hydrogens is 332 g/mol. The predicted molar refractivity (Wildman–Crippen MR) is 121 cm³/mol. The Bertz CT molecular complexity index is 425. The quantitative estimate of drug-likeness (QED) is 0.489. The smallest absolute Gasteiger partial charge is 0.135 e. The van der Waals surface area contributed by atoms with Crippen LogP contribution in [-0.4, -0.2) is 15.8 Å². The molecule has 0 radical (unpaired) electrons. The van der Waals surface area contributed by atoms with Crippen LogP contribution in [0.15, 0.2) is 12.3 Å². The maximum atomic E-state index is 10.7. The molecule has 1 aromatic heterocycles. The van der Waals surface area contributed by atoms with Gasteiger partial charge in [-0.25, -0.2) is 9.97 Å². The van der Waals surface area contributed by atoms with Gasteiger partial charge >= 0.3 is 0 Å². The van der Waals surface area contributed by atoms with Gasteiger partial charge in [-0.3, -0.25) is 4.79 Å². The van der Waals surface area contributed by atoms with E-state index in [2.05, 4.69) is 51.5 Å². The number of aryl methyl sites for hydroxylation is 2. The van der Waals surface area contributed by atoms with Crippen LogP contribution in [0, 0.1) is 18.8 Å². The van der Waals surface area contributed by atoms with Crippen molar-refractivity contribution in [3.8, 4) is 0 Å². The molecule has 27 heavy (non-hydrogen) atoms. The Morgan fingerprint density at radius 2 is 1.48 bits per heavy atom. The summed E-state index contributed by atoms with van der Waals surface area (Å²) in [4.78, 5) is 19.2. The van der Waals surface area contributed by atoms with Crippen molar-refractivity contribution in [2.75, 3.05) is 0 Å². The van der Waals surface area contributed by atoms with Gasteiger partial charge in [0.05, 0.1) is 0 Å². The molecule has 1 rings (SSSR count). The topological polar surface area (TPSA) is 42.9 Å². The minimum atomic E-state index is 0.278. The lowest BCUT2D eigenvalue weighted by Crippen LogP contribution is -2.06. The number of hydrogen-bond acceptors (Lipinski definition) is 3. The highest BCUT2D eigenvalue weighted by Gasteiger charge is 2.05. The molecule has 1 heterocycles. The van der Waals surface area contributed by atoms with Gasteiger partial charge in [-0.05, 0) is 31.7 Å². The average molecular weight is 381 g/mol. The Hall–Kier alpha value is -1.25. The maximum absolute atomic E-state index is 10.7. The Morgan fingerprint density at radius 1 is 0.963 bits per heavy atom. The van der Waals surface area contributed by atoms with Crippen molar-refractivity contribution in [2.45, 2.75) is 114 Å². The first kappa shape index (κ1) is 30.5. The zero-order chi connectivity index (χ0) is 21.7. The summed E-state index contributed by atoms with van der Waals surface area (Å²) in [5, 5.41) is 0. The lowest BCUT2D eigenvalue weighted by molar-refractivity contribution is -0.122. The monoisotopic (exact) mass is 380 g/mol. The van der Waals surface area contributed by atoms with Crippen molar-refractivity contribution in [1.82, 2.24) is 9.97 Å². The van der Waals surface area contributed by atoms with Crippen LogP contribution in [0.5, 0.6) is 0 Å². The summed E-state index contributed by atoms with van der Waals surface area (Å²) in [6.45, 7) is 21.0. The van der Waals surface area contributed by atoms with Gasteiger partial charge in [0.15, 0.2) is 0 Å². The SMILES string of the molecule is CC(C)C.CCC(=O)C(C)CC.CCCC.CCCCc1nccc(C)n1. The second-order valence-electron chi connectivity index (χ2n) is 7.58. The molecule has 1 unspecified atom stereocenters. The molecule has 3 heteroatoms. The number of ketones is 1. The summed E-state index contributed by atoms with van der Waals surface area (Å²) in [6.07, 6.45) is 9.54. The highest BCUT2D eigenvalue weighted by molar-refractivity contribution is 5.80. The van der Waals surface area contributed by atoms with E-state index in [0.717, 1.165) is 30.3 Å². The fourth-order valence-electron chi connectivity index (χ4n) is 1.53. The first-order chi connectivity index (χ1) is 12.7. The molecule has 0 amide bonds. The summed E-state index contributed by atoms with van der Waals surface area (Å²) in [7, 11) is 0. The molecule has 0 aliphatic carbocycles. The molecule has 0 aliphatic heterocycles. The molecule has 0 saturated heterocycles. The number of unbranched alkanes of at least 4 members (excludes halogenated alkanes) is 2. The van der Waals surface area contributed by atoms with Gasteiger partial charge < -0.3 is 0 Å². The second-order valence-corrected chi connectivity index (χ2v) is 7.58. The molecule has 0 aliphatic rings. The first-order valence-corrected chi connectivity index (χ1v) is 11.0. The van der Waals surface area contributed by atoms with Crippen LogP contribution in [0.3, 0.4) is 0 Å². The summed E-state index contributed by atoms with van der Waals surface area (Å²) in [6, 6.07) is 1.93. The lowest BCUT2D eigenvalue weighted by Gasteiger charge is -2.02. The third-order valence-electron chi connectivity index (χ3n) is 3.61. The molecule has 1 aromatic rings. The highest BCUT2D eigenvalue weighted by atomic mass is 16.1. The number of rotatable bonds is 7. The molecule has 1 atom stereocenters. The minimum Gasteiger partial charge on any atom is -0.299 e. The molecule has 3 nitrogen and oxygen atoms in total. The van der Waals surface area contributed by atoms with Crippen LogP contribution in [0.2, 0.25) is 0 Å². The van der Waals surface area contributed by atoms with Crippen LogP contribution < -0.4 is 0 Å². The zero-order valence-electron chi connectivity index (χ0n) is 20.1.